The van der Waals surface area contributed by atoms with E-state index < -0.39 is 0 Å². The number of nitrogens with zero attached hydrogens (tertiary/aromatic N) is 2. The lowest BCUT2D eigenvalue weighted by atomic mass is 9.93. The molecule has 2 N–H and O–H groups in total. The van der Waals surface area contributed by atoms with Gasteiger partial charge in [-0.25, -0.2) is 0 Å². The molecule has 3 atom stereocenters. The standard InChI is InChI=1S/C23H27N3O3/c1-14(23(29)26-18-8-9-19(26)12-20(27)11-18)15-3-5-16(6-4-15)17-7-10-21(25-13-17)22(28)24-2/h3-7,10,13-14,18-20,27H,8-9,11-12H2,1-2H3,(H,24,28). The van der Waals surface area contributed by atoms with Crippen molar-refractivity contribution >= 4 is 11.8 Å². The SMILES string of the molecule is CNC(=O)c1ccc(-c2ccc(C(C)C(=O)N3C4CCC3CC(O)C4)cc2)cn1. The molecule has 0 radical (unpaired) electrons. The molecule has 3 heterocycles. The summed E-state index contributed by atoms with van der Waals surface area (Å²) in [5.74, 6) is -0.261. The first-order chi connectivity index (χ1) is 14.0. The number of nitrogens with one attached hydrogen (secondary N) is 1. The number of aliphatic hydroxyl groups excluding tert-OH is 1. The monoisotopic (exact) mass is 393 g/mol. The Hall–Kier alpha value is -2.73. The molecule has 1 aromatic heterocycles. The number of aliphatic hydroxyl groups is 1. The number of hydrogen-bond donors (Lipinski definition) is 2. The Morgan fingerprint density at radius 1 is 1.07 bits per heavy atom. The van der Waals surface area contributed by atoms with E-state index in [-0.39, 0.29) is 35.9 Å². The molecular weight excluding hydrogens is 366 g/mol. The van der Waals surface area contributed by atoms with Crippen molar-refractivity contribution in [3.63, 3.8) is 0 Å². The highest BCUT2D eigenvalue weighted by Gasteiger charge is 2.43. The summed E-state index contributed by atoms with van der Waals surface area (Å²) in [6.07, 6.45) is 4.82. The molecule has 3 unspecified atom stereocenters. The molecule has 152 valence electrons. The third kappa shape index (κ3) is 3.77. The molecular formula is C23H27N3O3. The molecule has 29 heavy (non-hydrogen) atoms. The Morgan fingerprint density at radius 3 is 2.24 bits per heavy atom. The number of aromatic nitrogens is 1. The molecule has 2 aromatic rings. The van der Waals surface area contributed by atoms with Crippen LogP contribution in [0.3, 0.4) is 0 Å². The minimum atomic E-state index is -0.269. The van der Waals surface area contributed by atoms with Crippen molar-refractivity contribution < 1.29 is 14.7 Å². The van der Waals surface area contributed by atoms with Crippen molar-refractivity contribution in [3.05, 3.63) is 53.9 Å². The number of carbonyl (C=O) groups excluding carboxylic acids is 2. The predicted molar refractivity (Wildman–Crippen MR) is 110 cm³/mol. The Balaban J connectivity index is 1.47. The van der Waals surface area contributed by atoms with Crippen LogP contribution in [-0.2, 0) is 4.79 Å². The zero-order chi connectivity index (χ0) is 20.5. The molecule has 4 rings (SSSR count). The van der Waals surface area contributed by atoms with Gasteiger partial charge >= 0.3 is 0 Å². The molecule has 6 nitrogen and oxygen atoms in total. The number of hydrogen-bond acceptors (Lipinski definition) is 4. The average molecular weight is 393 g/mol. The van der Waals surface area contributed by atoms with E-state index in [1.54, 1.807) is 19.3 Å². The van der Waals surface area contributed by atoms with E-state index in [9.17, 15) is 14.7 Å². The van der Waals surface area contributed by atoms with E-state index >= 15 is 0 Å². The Kier molecular flexibility index (Phi) is 5.37. The van der Waals surface area contributed by atoms with Crippen LogP contribution in [0, 0.1) is 0 Å². The minimum absolute atomic E-state index is 0.161. The lowest BCUT2D eigenvalue weighted by Crippen LogP contribution is -2.49. The van der Waals surface area contributed by atoms with Crippen molar-refractivity contribution in [2.45, 2.75) is 56.7 Å². The third-order valence-corrected chi connectivity index (χ3v) is 6.30. The van der Waals surface area contributed by atoms with Crippen LogP contribution in [0.1, 0.15) is 54.6 Å². The molecule has 1 aromatic carbocycles. The number of amides is 2. The average Bonchev–Trinajstić information content (AvgIpc) is 3.03. The Bertz CT molecular complexity index is 881. The summed E-state index contributed by atoms with van der Waals surface area (Å²) in [6.45, 7) is 1.96. The highest BCUT2D eigenvalue weighted by molar-refractivity contribution is 5.92. The molecule has 2 saturated heterocycles. The van der Waals surface area contributed by atoms with Crippen LogP contribution in [0.5, 0.6) is 0 Å². The van der Waals surface area contributed by atoms with Crippen LogP contribution in [0.25, 0.3) is 11.1 Å². The largest absolute Gasteiger partial charge is 0.393 e. The second kappa shape index (κ2) is 7.95. The second-order valence-corrected chi connectivity index (χ2v) is 8.11. The van der Waals surface area contributed by atoms with Gasteiger partial charge in [-0.1, -0.05) is 30.3 Å². The minimum Gasteiger partial charge on any atom is -0.393 e. The molecule has 6 heteroatoms. The van der Waals surface area contributed by atoms with Crippen molar-refractivity contribution in [2.24, 2.45) is 0 Å². The lowest BCUT2D eigenvalue weighted by Gasteiger charge is -2.38. The predicted octanol–water partition coefficient (Wildman–Crippen LogP) is 2.73. The van der Waals surface area contributed by atoms with Crippen LogP contribution in [-0.4, -0.2) is 52.0 Å². The number of fused-ring (bicyclic) bond motifs is 2. The van der Waals surface area contributed by atoms with Gasteiger partial charge in [-0.15, -0.1) is 0 Å². The molecule has 2 amide bonds. The van der Waals surface area contributed by atoms with Crippen LogP contribution in [0.4, 0.5) is 0 Å². The van der Waals surface area contributed by atoms with Crippen molar-refractivity contribution in [1.82, 2.24) is 15.2 Å². The molecule has 0 spiro atoms. The molecule has 2 bridgehead atoms. The zero-order valence-electron chi connectivity index (χ0n) is 16.8. The topological polar surface area (TPSA) is 82.5 Å². The number of benzene rings is 1. The van der Waals surface area contributed by atoms with Gasteiger partial charge in [-0.2, -0.15) is 0 Å². The van der Waals surface area contributed by atoms with E-state index in [0.717, 1.165) is 29.5 Å². The Morgan fingerprint density at radius 2 is 1.69 bits per heavy atom. The van der Waals surface area contributed by atoms with Gasteiger partial charge in [0.2, 0.25) is 5.91 Å². The van der Waals surface area contributed by atoms with Crippen LogP contribution >= 0.6 is 0 Å². The summed E-state index contributed by atoms with van der Waals surface area (Å²) in [7, 11) is 1.58. The maximum Gasteiger partial charge on any atom is 0.269 e. The fraction of sp³-hybridized carbons (Fsp3) is 0.435. The fourth-order valence-electron chi connectivity index (χ4n) is 4.67. The van der Waals surface area contributed by atoms with Gasteiger partial charge in [-0.3, -0.25) is 14.6 Å². The van der Waals surface area contributed by atoms with Gasteiger partial charge in [-0.05, 0) is 49.8 Å². The van der Waals surface area contributed by atoms with Crippen LogP contribution in [0.15, 0.2) is 42.6 Å². The summed E-state index contributed by atoms with van der Waals surface area (Å²) < 4.78 is 0. The first-order valence-corrected chi connectivity index (χ1v) is 10.3. The molecule has 0 aliphatic carbocycles. The summed E-state index contributed by atoms with van der Waals surface area (Å²) in [4.78, 5) is 31.0. The maximum absolute atomic E-state index is 13.1. The molecule has 0 saturated carbocycles. The van der Waals surface area contributed by atoms with Gasteiger partial charge in [0.1, 0.15) is 5.69 Å². The number of carbonyl (C=O) groups is 2. The summed E-state index contributed by atoms with van der Waals surface area (Å²) >= 11 is 0. The quantitative estimate of drug-likeness (QED) is 0.837. The summed E-state index contributed by atoms with van der Waals surface area (Å²) in [6, 6.07) is 11.9. The summed E-state index contributed by atoms with van der Waals surface area (Å²) in [5, 5.41) is 12.5. The third-order valence-electron chi connectivity index (χ3n) is 6.30. The number of rotatable bonds is 4. The zero-order valence-corrected chi connectivity index (χ0v) is 16.8. The molecule has 2 fully saturated rings. The van der Waals surface area contributed by atoms with Crippen LogP contribution in [0.2, 0.25) is 0 Å². The first-order valence-electron chi connectivity index (χ1n) is 10.3. The van der Waals surface area contributed by atoms with Gasteiger partial charge in [0.15, 0.2) is 0 Å². The van der Waals surface area contributed by atoms with Gasteiger partial charge in [0, 0.05) is 30.9 Å². The highest BCUT2D eigenvalue weighted by Crippen LogP contribution is 2.38. The fourth-order valence-corrected chi connectivity index (χ4v) is 4.67. The maximum atomic E-state index is 13.1. The highest BCUT2D eigenvalue weighted by atomic mass is 16.3. The second-order valence-electron chi connectivity index (χ2n) is 8.11. The Labute approximate surface area is 171 Å². The van der Waals surface area contributed by atoms with E-state index in [2.05, 4.69) is 10.3 Å². The molecule has 2 aliphatic rings. The van der Waals surface area contributed by atoms with Crippen molar-refractivity contribution in [3.8, 4) is 11.1 Å². The summed E-state index contributed by atoms with van der Waals surface area (Å²) in [5.41, 5.74) is 3.28. The van der Waals surface area contributed by atoms with Crippen molar-refractivity contribution in [1.29, 1.82) is 0 Å². The van der Waals surface area contributed by atoms with Gasteiger partial charge < -0.3 is 15.3 Å². The number of pyridine rings is 1. The van der Waals surface area contributed by atoms with Crippen molar-refractivity contribution in [2.75, 3.05) is 7.05 Å². The normalized spacial score (nSPS) is 24.2. The van der Waals surface area contributed by atoms with Gasteiger partial charge in [0.25, 0.3) is 5.91 Å². The smallest absolute Gasteiger partial charge is 0.269 e. The van der Waals surface area contributed by atoms with E-state index in [1.165, 1.54) is 0 Å². The van der Waals surface area contributed by atoms with E-state index in [4.69, 9.17) is 0 Å². The van der Waals surface area contributed by atoms with E-state index in [0.29, 0.717) is 18.5 Å². The van der Waals surface area contributed by atoms with Crippen LogP contribution < -0.4 is 5.32 Å². The molecule has 2 aliphatic heterocycles. The lowest BCUT2D eigenvalue weighted by molar-refractivity contribution is -0.138. The van der Waals surface area contributed by atoms with Gasteiger partial charge in [0.05, 0.1) is 12.0 Å². The first kappa shape index (κ1) is 19.6. The van der Waals surface area contributed by atoms with E-state index in [1.807, 2.05) is 42.2 Å². The number of piperidine rings is 1.